The molecule has 0 aromatic heterocycles. The van der Waals surface area contributed by atoms with E-state index in [1.165, 1.54) is 5.69 Å². The van der Waals surface area contributed by atoms with Gasteiger partial charge in [0.1, 0.15) is 5.75 Å². The molecule has 1 aromatic rings. The van der Waals surface area contributed by atoms with Gasteiger partial charge in [0, 0.05) is 19.3 Å². The maximum absolute atomic E-state index is 6.20. The number of anilines is 1. The van der Waals surface area contributed by atoms with Crippen molar-refractivity contribution in [3.63, 3.8) is 0 Å². The number of methoxy groups -OCH3 is 1. The smallest absolute Gasteiger partial charge is 0.192 e. The fourth-order valence-corrected chi connectivity index (χ4v) is 2.65. The zero-order valence-electron chi connectivity index (χ0n) is 14.0. The average molecular weight is 295 g/mol. The van der Waals surface area contributed by atoms with Crippen LogP contribution in [0.3, 0.4) is 0 Å². The Labute approximate surface area is 125 Å². The molecule has 1 aromatic carbocycles. The Bertz CT molecular complexity index is 409. The third-order valence-electron chi connectivity index (χ3n) is 4.21. The number of likely N-dealkylation sites (N-methyl/N-ethyl adjacent to an activating group) is 1. The van der Waals surface area contributed by atoms with Gasteiger partial charge in [0.05, 0.1) is 13.7 Å². The first-order valence-corrected chi connectivity index (χ1v) is 10.1. The first-order valence-electron chi connectivity index (χ1n) is 7.16. The number of ether oxygens (including phenoxy) is 1. The van der Waals surface area contributed by atoms with Crippen molar-refractivity contribution < 1.29 is 9.16 Å². The largest absolute Gasteiger partial charge is 0.497 e. The molecule has 0 saturated carbocycles. The van der Waals surface area contributed by atoms with Crippen molar-refractivity contribution in [2.45, 2.75) is 38.9 Å². The molecule has 0 aliphatic rings. The van der Waals surface area contributed by atoms with Crippen molar-refractivity contribution >= 4 is 14.0 Å². The number of benzene rings is 1. The van der Waals surface area contributed by atoms with E-state index in [0.29, 0.717) is 0 Å². The van der Waals surface area contributed by atoms with E-state index in [2.05, 4.69) is 57.9 Å². The van der Waals surface area contributed by atoms with E-state index >= 15 is 0 Å². The predicted molar refractivity (Wildman–Crippen MR) is 89.4 cm³/mol. The molecule has 0 spiro atoms. The van der Waals surface area contributed by atoms with Gasteiger partial charge in [-0.3, -0.25) is 0 Å². The Morgan fingerprint density at radius 2 is 1.65 bits per heavy atom. The molecule has 20 heavy (non-hydrogen) atoms. The van der Waals surface area contributed by atoms with E-state index < -0.39 is 8.32 Å². The highest BCUT2D eigenvalue weighted by molar-refractivity contribution is 6.74. The minimum Gasteiger partial charge on any atom is -0.497 e. The third kappa shape index (κ3) is 4.53. The van der Waals surface area contributed by atoms with Gasteiger partial charge in [-0.1, -0.05) is 20.8 Å². The maximum Gasteiger partial charge on any atom is 0.192 e. The molecular formula is C16H29NO2Si. The second-order valence-electron chi connectivity index (χ2n) is 6.73. The lowest BCUT2D eigenvalue weighted by Gasteiger charge is -2.36. The second kappa shape index (κ2) is 6.63. The Kier molecular flexibility index (Phi) is 5.65. The minimum atomic E-state index is -1.63. The highest BCUT2D eigenvalue weighted by Crippen LogP contribution is 2.36. The SMILES string of the molecule is COc1ccc(N(C)CCO[Si](C)(C)C(C)(C)C)cc1. The summed E-state index contributed by atoms with van der Waals surface area (Å²) in [4.78, 5) is 2.21. The molecule has 0 aliphatic heterocycles. The summed E-state index contributed by atoms with van der Waals surface area (Å²) in [5.41, 5.74) is 1.18. The second-order valence-corrected chi connectivity index (χ2v) is 11.5. The Hall–Kier alpha value is -1.00. The normalized spacial score (nSPS) is 12.3. The van der Waals surface area contributed by atoms with Gasteiger partial charge in [0.2, 0.25) is 0 Å². The van der Waals surface area contributed by atoms with Crippen LogP contribution in [0.1, 0.15) is 20.8 Å². The van der Waals surface area contributed by atoms with Gasteiger partial charge in [0.15, 0.2) is 8.32 Å². The van der Waals surface area contributed by atoms with Crippen LogP contribution in [0, 0.1) is 0 Å². The standard InChI is InChI=1S/C16H29NO2Si/c1-16(2,3)20(6,7)19-13-12-17(4)14-8-10-15(18-5)11-9-14/h8-11H,12-13H2,1-7H3. The highest BCUT2D eigenvalue weighted by Gasteiger charge is 2.36. The summed E-state index contributed by atoms with van der Waals surface area (Å²) in [5.74, 6) is 0.889. The summed E-state index contributed by atoms with van der Waals surface area (Å²) in [6, 6.07) is 8.12. The summed E-state index contributed by atoms with van der Waals surface area (Å²) < 4.78 is 11.4. The number of rotatable bonds is 6. The number of hydrogen-bond acceptors (Lipinski definition) is 3. The maximum atomic E-state index is 6.20. The van der Waals surface area contributed by atoms with Crippen LogP contribution in [0.15, 0.2) is 24.3 Å². The van der Waals surface area contributed by atoms with Crippen molar-refractivity contribution in [1.82, 2.24) is 0 Å². The molecule has 0 saturated heterocycles. The molecule has 3 nitrogen and oxygen atoms in total. The molecule has 0 heterocycles. The van der Waals surface area contributed by atoms with Crippen molar-refractivity contribution in [3.8, 4) is 5.75 Å². The van der Waals surface area contributed by atoms with Crippen molar-refractivity contribution in [3.05, 3.63) is 24.3 Å². The minimum absolute atomic E-state index is 0.270. The van der Waals surface area contributed by atoms with Gasteiger partial charge in [-0.25, -0.2) is 0 Å². The van der Waals surface area contributed by atoms with Gasteiger partial charge in [-0.15, -0.1) is 0 Å². The molecule has 1 rings (SSSR count). The molecule has 0 amide bonds. The highest BCUT2D eigenvalue weighted by atomic mass is 28.4. The first kappa shape index (κ1) is 17.0. The molecule has 0 atom stereocenters. The molecular weight excluding hydrogens is 266 g/mol. The molecule has 114 valence electrons. The van der Waals surface area contributed by atoms with E-state index in [1.807, 2.05) is 12.1 Å². The Balaban J connectivity index is 2.49. The summed E-state index contributed by atoms with van der Waals surface area (Å²) in [7, 11) is 2.15. The zero-order chi connectivity index (χ0) is 15.4. The van der Waals surface area contributed by atoms with Crippen LogP contribution in [0.5, 0.6) is 5.75 Å². The van der Waals surface area contributed by atoms with Crippen LogP contribution in [-0.2, 0) is 4.43 Å². The van der Waals surface area contributed by atoms with Crippen LogP contribution in [-0.4, -0.2) is 35.6 Å². The van der Waals surface area contributed by atoms with Gasteiger partial charge in [0.25, 0.3) is 0 Å². The van der Waals surface area contributed by atoms with Gasteiger partial charge in [-0.05, 0) is 42.4 Å². The summed E-state index contributed by atoms with van der Waals surface area (Å²) in [6.07, 6.45) is 0. The topological polar surface area (TPSA) is 21.7 Å². The monoisotopic (exact) mass is 295 g/mol. The fourth-order valence-electron chi connectivity index (χ4n) is 1.62. The lowest BCUT2D eigenvalue weighted by atomic mass is 10.2. The first-order chi connectivity index (χ1) is 9.17. The summed E-state index contributed by atoms with van der Waals surface area (Å²) in [6.45, 7) is 13.1. The molecule has 0 N–H and O–H groups in total. The lowest BCUT2D eigenvalue weighted by Crippen LogP contribution is -2.42. The van der Waals surface area contributed by atoms with Crippen LogP contribution in [0.2, 0.25) is 18.1 Å². The number of hydrogen-bond donors (Lipinski definition) is 0. The molecule has 0 aliphatic carbocycles. The van der Waals surface area contributed by atoms with Crippen molar-refractivity contribution in [2.75, 3.05) is 32.2 Å². The van der Waals surface area contributed by atoms with E-state index in [9.17, 15) is 0 Å². The third-order valence-corrected chi connectivity index (χ3v) is 8.75. The van der Waals surface area contributed by atoms with Crippen LogP contribution < -0.4 is 9.64 Å². The van der Waals surface area contributed by atoms with Gasteiger partial charge >= 0.3 is 0 Å². The summed E-state index contributed by atoms with van der Waals surface area (Å²) in [5, 5.41) is 0.270. The van der Waals surface area contributed by atoms with E-state index in [4.69, 9.17) is 9.16 Å². The molecule has 4 heteroatoms. The van der Waals surface area contributed by atoms with Crippen LogP contribution in [0.4, 0.5) is 5.69 Å². The predicted octanol–water partition coefficient (Wildman–Crippen LogP) is 4.15. The molecule has 0 bridgehead atoms. The van der Waals surface area contributed by atoms with Gasteiger partial charge in [-0.2, -0.15) is 0 Å². The number of nitrogens with zero attached hydrogens (tertiary/aromatic N) is 1. The fraction of sp³-hybridized carbons (Fsp3) is 0.625. The lowest BCUT2D eigenvalue weighted by molar-refractivity contribution is 0.296. The van der Waals surface area contributed by atoms with E-state index in [-0.39, 0.29) is 5.04 Å². The quantitative estimate of drug-likeness (QED) is 0.736. The average Bonchev–Trinajstić information content (AvgIpc) is 2.37. The summed E-state index contributed by atoms with van der Waals surface area (Å²) >= 11 is 0. The molecule has 0 fully saturated rings. The van der Waals surface area contributed by atoms with Crippen LogP contribution in [0.25, 0.3) is 0 Å². The van der Waals surface area contributed by atoms with Crippen molar-refractivity contribution in [2.24, 2.45) is 0 Å². The molecule has 0 unspecified atom stereocenters. The van der Waals surface area contributed by atoms with Crippen molar-refractivity contribution in [1.29, 1.82) is 0 Å². The Morgan fingerprint density at radius 3 is 2.10 bits per heavy atom. The van der Waals surface area contributed by atoms with E-state index in [1.54, 1.807) is 7.11 Å². The molecule has 0 radical (unpaired) electrons. The Morgan fingerprint density at radius 1 is 1.10 bits per heavy atom. The van der Waals surface area contributed by atoms with Gasteiger partial charge < -0.3 is 14.1 Å². The van der Waals surface area contributed by atoms with Crippen LogP contribution >= 0.6 is 0 Å². The van der Waals surface area contributed by atoms with E-state index in [0.717, 1.165) is 18.9 Å². The zero-order valence-corrected chi connectivity index (χ0v) is 15.0.